The van der Waals surface area contributed by atoms with E-state index >= 15 is 0 Å². The highest BCUT2D eigenvalue weighted by Gasteiger charge is 2.41. The maximum Gasteiger partial charge on any atom is 0.309 e. The van der Waals surface area contributed by atoms with Gasteiger partial charge in [0.25, 0.3) is 5.91 Å². The van der Waals surface area contributed by atoms with Crippen LogP contribution in [0.25, 0.3) is 0 Å². The molecular weight excluding hydrogens is 321 g/mol. The highest BCUT2D eigenvalue weighted by atomic mass is 35.5. The Labute approximate surface area is 131 Å². The minimum atomic E-state index is -0.774. The monoisotopic (exact) mass is 335 g/mol. The number of carbonyl (C=O) groups is 2. The number of thiophene rings is 1. The van der Waals surface area contributed by atoms with Crippen LogP contribution < -0.4 is 0 Å². The molecule has 4 nitrogen and oxygen atoms in total. The Balaban J connectivity index is 2.09. The molecule has 0 aliphatic carbocycles. The van der Waals surface area contributed by atoms with Gasteiger partial charge in [-0.05, 0) is 25.3 Å². The maximum absolute atomic E-state index is 12.3. The van der Waals surface area contributed by atoms with Crippen molar-refractivity contribution < 1.29 is 14.7 Å². The fraction of sp³-hybridized carbons (Fsp3) is 0.538. The predicted octanol–water partition coefficient (Wildman–Crippen LogP) is 3.77. The average Bonchev–Trinajstić information content (AvgIpc) is 2.76. The SMILES string of the molecule is CCC1(C(=O)O)CCN(C(=O)c2cc(Cl)sc2Cl)CC1. The molecule has 0 saturated carbocycles. The lowest BCUT2D eigenvalue weighted by Crippen LogP contribution is -2.46. The molecule has 1 aliphatic heterocycles. The van der Waals surface area contributed by atoms with Crippen LogP contribution in [0.4, 0.5) is 0 Å². The van der Waals surface area contributed by atoms with Crippen LogP contribution in [-0.4, -0.2) is 35.0 Å². The standard InChI is InChI=1S/C13H15Cl2NO3S/c1-2-13(12(18)19)3-5-16(6-4-13)11(17)8-7-9(14)20-10(8)15/h7H,2-6H2,1H3,(H,18,19). The second-order valence-corrected chi connectivity index (χ2v) is 7.25. The van der Waals surface area contributed by atoms with Crippen LogP contribution in [0.1, 0.15) is 36.5 Å². The van der Waals surface area contributed by atoms with Crippen LogP contribution in [0.15, 0.2) is 6.07 Å². The molecule has 0 radical (unpaired) electrons. The van der Waals surface area contributed by atoms with Crippen LogP contribution in [0.2, 0.25) is 8.67 Å². The summed E-state index contributed by atoms with van der Waals surface area (Å²) in [5.74, 6) is -0.947. The third-order valence-corrected chi connectivity index (χ3v) is 5.51. The Kier molecular flexibility index (Phi) is 4.62. The van der Waals surface area contributed by atoms with Gasteiger partial charge in [-0.3, -0.25) is 9.59 Å². The summed E-state index contributed by atoms with van der Waals surface area (Å²) in [4.78, 5) is 25.4. The maximum atomic E-state index is 12.3. The summed E-state index contributed by atoms with van der Waals surface area (Å²) in [6, 6.07) is 1.57. The molecule has 1 fully saturated rings. The number of piperidine rings is 1. The van der Waals surface area contributed by atoms with Crippen molar-refractivity contribution >= 4 is 46.4 Å². The summed E-state index contributed by atoms with van der Waals surface area (Å²) in [6.45, 7) is 2.74. The van der Waals surface area contributed by atoms with Crippen LogP contribution >= 0.6 is 34.5 Å². The number of hydrogen-bond donors (Lipinski definition) is 1. The van der Waals surface area contributed by atoms with E-state index in [1.807, 2.05) is 6.92 Å². The van der Waals surface area contributed by atoms with E-state index in [-0.39, 0.29) is 5.91 Å². The molecule has 0 atom stereocenters. The minimum absolute atomic E-state index is 0.173. The lowest BCUT2D eigenvalue weighted by atomic mass is 9.76. The van der Waals surface area contributed by atoms with Gasteiger partial charge in [-0.25, -0.2) is 0 Å². The molecule has 0 unspecified atom stereocenters. The first kappa shape index (κ1) is 15.6. The number of likely N-dealkylation sites (tertiary alicyclic amines) is 1. The minimum Gasteiger partial charge on any atom is -0.481 e. The smallest absolute Gasteiger partial charge is 0.309 e. The van der Waals surface area contributed by atoms with Crippen LogP contribution in [-0.2, 0) is 4.79 Å². The molecule has 0 spiro atoms. The topological polar surface area (TPSA) is 57.6 Å². The van der Waals surface area contributed by atoms with Crippen molar-refractivity contribution in [3.8, 4) is 0 Å². The Morgan fingerprint density at radius 3 is 2.40 bits per heavy atom. The van der Waals surface area contributed by atoms with Gasteiger partial charge in [-0.15, -0.1) is 11.3 Å². The van der Waals surface area contributed by atoms with Crippen molar-refractivity contribution in [2.24, 2.45) is 5.41 Å². The van der Waals surface area contributed by atoms with E-state index in [0.29, 0.717) is 46.6 Å². The van der Waals surface area contributed by atoms with E-state index in [1.165, 1.54) is 0 Å². The molecule has 1 N–H and O–H groups in total. The van der Waals surface area contributed by atoms with Gasteiger partial charge in [0.05, 0.1) is 15.3 Å². The van der Waals surface area contributed by atoms with E-state index in [9.17, 15) is 14.7 Å². The third kappa shape index (κ3) is 2.80. The van der Waals surface area contributed by atoms with E-state index in [1.54, 1.807) is 11.0 Å². The van der Waals surface area contributed by atoms with Gasteiger partial charge in [0.15, 0.2) is 0 Å². The highest BCUT2D eigenvalue weighted by Crippen LogP contribution is 2.37. The lowest BCUT2D eigenvalue weighted by Gasteiger charge is -2.38. The van der Waals surface area contributed by atoms with Crippen LogP contribution in [0.3, 0.4) is 0 Å². The van der Waals surface area contributed by atoms with Gasteiger partial charge in [-0.1, -0.05) is 30.1 Å². The first-order chi connectivity index (χ1) is 9.39. The molecule has 1 aromatic rings. The summed E-state index contributed by atoms with van der Waals surface area (Å²) < 4.78 is 0.856. The molecular formula is C13H15Cl2NO3S. The van der Waals surface area contributed by atoms with Crippen molar-refractivity contribution in [2.45, 2.75) is 26.2 Å². The van der Waals surface area contributed by atoms with E-state index in [4.69, 9.17) is 23.2 Å². The molecule has 110 valence electrons. The number of aliphatic carboxylic acids is 1. The molecule has 1 saturated heterocycles. The molecule has 2 rings (SSSR count). The Hall–Kier alpha value is -0.780. The zero-order chi connectivity index (χ0) is 14.9. The van der Waals surface area contributed by atoms with Crippen LogP contribution in [0.5, 0.6) is 0 Å². The number of carboxylic acid groups (broad SMARTS) is 1. The molecule has 0 aromatic carbocycles. The van der Waals surface area contributed by atoms with Gasteiger partial charge >= 0.3 is 5.97 Å². The van der Waals surface area contributed by atoms with E-state index < -0.39 is 11.4 Å². The fourth-order valence-corrected chi connectivity index (χ4v) is 3.96. The van der Waals surface area contributed by atoms with Gasteiger partial charge in [0.1, 0.15) is 4.34 Å². The molecule has 20 heavy (non-hydrogen) atoms. The Bertz CT molecular complexity index is 536. The molecule has 1 aliphatic rings. The van der Waals surface area contributed by atoms with Gasteiger partial charge in [-0.2, -0.15) is 0 Å². The quantitative estimate of drug-likeness (QED) is 0.914. The number of halogens is 2. The molecule has 1 aromatic heterocycles. The normalized spacial score (nSPS) is 18.1. The van der Waals surface area contributed by atoms with Crippen molar-refractivity contribution in [2.75, 3.05) is 13.1 Å². The fourth-order valence-electron chi connectivity index (χ4n) is 2.51. The number of nitrogens with zero attached hydrogens (tertiary/aromatic N) is 1. The van der Waals surface area contributed by atoms with Gasteiger partial charge < -0.3 is 10.0 Å². The number of hydrogen-bond acceptors (Lipinski definition) is 3. The first-order valence-electron chi connectivity index (χ1n) is 6.37. The summed E-state index contributed by atoms with van der Waals surface area (Å²) in [5.41, 5.74) is -0.298. The van der Waals surface area contributed by atoms with Gasteiger partial charge in [0, 0.05) is 13.1 Å². The Morgan fingerprint density at radius 1 is 1.40 bits per heavy atom. The molecule has 2 heterocycles. The predicted molar refractivity (Wildman–Crippen MR) is 79.8 cm³/mol. The van der Waals surface area contributed by atoms with Crippen molar-refractivity contribution in [1.29, 1.82) is 0 Å². The van der Waals surface area contributed by atoms with Crippen molar-refractivity contribution in [3.05, 3.63) is 20.3 Å². The van der Waals surface area contributed by atoms with Crippen molar-refractivity contribution in [3.63, 3.8) is 0 Å². The molecule has 7 heteroatoms. The number of amides is 1. The number of rotatable bonds is 3. The second-order valence-electron chi connectivity index (χ2n) is 4.97. The molecule has 1 amide bonds. The van der Waals surface area contributed by atoms with E-state index in [0.717, 1.165) is 11.3 Å². The summed E-state index contributed by atoms with van der Waals surface area (Å²) in [5, 5.41) is 9.34. The lowest BCUT2D eigenvalue weighted by molar-refractivity contribution is -0.152. The summed E-state index contributed by atoms with van der Waals surface area (Å²) in [6.07, 6.45) is 1.52. The van der Waals surface area contributed by atoms with Gasteiger partial charge in [0.2, 0.25) is 0 Å². The zero-order valence-corrected chi connectivity index (χ0v) is 13.3. The summed E-state index contributed by atoms with van der Waals surface area (Å²) in [7, 11) is 0. The summed E-state index contributed by atoms with van der Waals surface area (Å²) >= 11 is 13.0. The van der Waals surface area contributed by atoms with Crippen LogP contribution in [0, 0.1) is 5.41 Å². The number of carboxylic acids is 1. The van der Waals surface area contributed by atoms with Crippen molar-refractivity contribution in [1.82, 2.24) is 4.90 Å². The van der Waals surface area contributed by atoms with E-state index in [2.05, 4.69) is 0 Å². The zero-order valence-electron chi connectivity index (χ0n) is 11.0. The number of carbonyl (C=O) groups excluding carboxylic acids is 1. The largest absolute Gasteiger partial charge is 0.481 e. The first-order valence-corrected chi connectivity index (χ1v) is 7.94. The Morgan fingerprint density at radius 2 is 2.00 bits per heavy atom. The molecule has 0 bridgehead atoms. The average molecular weight is 336 g/mol. The third-order valence-electron chi connectivity index (χ3n) is 4.03. The second kappa shape index (κ2) is 5.92. The highest BCUT2D eigenvalue weighted by molar-refractivity contribution is 7.20.